The molecule has 1 saturated heterocycles. The fourth-order valence-electron chi connectivity index (χ4n) is 2.08. The van der Waals surface area contributed by atoms with Crippen molar-refractivity contribution in [3.05, 3.63) is 0 Å². The summed E-state index contributed by atoms with van der Waals surface area (Å²) in [4.78, 5) is 26.7. The van der Waals surface area contributed by atoms with Gasteiger partial charge in [-0.3, -0.25) is 9.59 Å². The highest BCUT2D eigenvalue weighted by Crippen LogP contribution is 2.08. The predicted octanol–water partition coefficient (Wildman–Crippen LogP) is 0.0505. The van der Waals surface area contributed by atoms with Crippen molar-refractivity contribution >= 4 is 11.8 Å². The van der Waals surface area contributed by atoms with Crippen molar-refractivity contribution in [3.63, 3.8) is 0 Å². The third kappa shape index (κ3) is 4.00. The third-order valence-corrected chi connectivity index (χ3v) is 3.08. The van der Waals surface area contributed by atoms with Gasteiger partial charge in [-0.05, 0) is 12.3 Å². The molecular formula is C12H23N3O2. The van der Waals surface area contributed by atoms with Gasteiger partial charge in [0.05, 0.1) is 6.04 Å². The lowest BCUT2D eigenvalue weighted by atomic mass is 10.0. The van der Waals surface area contributed by atoms with E-state index < -0.39 is 6.04 Å². The molecule has 0 radical (unpaired) electrons. The Morgan fingerprint density at radius 1 is 1.12 bits per heavy atom. The Balaban J connectivity index is 2.43. The lowest BCUT2D eigenvalue weighted by molar-refractivity contribution is -0.139. The Hall–Kier alpha value is -1.10. The zero-order valence-corrected chi connectivity index (χ0v) is 11.0. The second kappa shape index (κ2) is 6.00. The predicted molar refractivity (Wildman–Crippen MR) is 66.3 cm³/mol. The summed E-state index contributed by atoms with van der Waals surface area (Å²) in [5.41, 5.74) is 5.87. The molecule has 17 heavy (non-hydrogen) atoms. The van der Waals surface area contributed by atoms with E-state index in [1.165, 1.54) is 0 Å². The zero-order valence-electron chi connectivity index (χ0n) is 11.0. The molecule has 0 saturated carbocycles. The summed E-state index contributed by atoms with van der Waals surface area (Å²) in [6.45, 7) is 8.11. The highest BCUT2D eigenvalue weighted by atomic mass is 16.2. The van der Waals surface area contributed by atoms with Crippen molar-refractivity contribution in [1.29, 1.82) is 0 Å². The second-order valence-corrected chi connectivity index (χ2v) is 5.07. The standard InChI is InChI=1S/C12H23N3O2/c1-9(2)8-11(13)12(17)15-6-4-14(5-7-15)10(3)16/h9,11H,4-8,13H2,1-3H3/t11-/m0/s1. The Kier molecular flexibility index (Phi) is 4.93. The molecular weight excluding hydrogens is 218 g/mol. The largest absolute Gasteiger partial charge is 0.339 e. The van der Waals surface area contributed by atoms with Gasteiger partial charge in [0, 0.05) is 33.1 Å². The average molecular weight is 241 g/mol. The van der Waals surface area contributed by atoms with Crippen LogP contribution in [-0.4, -0.2) is 53.8 Å². The molecule has 5 heteroatoms. The van der Waals surface area contributed by atoms with Crippen LogP contribution in [0.3, 0.4) is 0 Å². The van der Waals surface area contributed by atoms with Gasteiger partial charge in [-0.15, -0.1) is 0 Å². The molecule has 1 rings (SSSR count). The topological polar surface area (TPSA) is 66.6 Å². The van der Waals surface area contributed by atoms with Crippen LogP contribution in [0, 0.1) is 5.92 Å². The number of piperazine rings is 1. The first-order chi connectivity index (χ1) is 7.91. The maximum absolute atomic E-state index is 12.0. The summed E-state index contributed by atoms with van der Waals surface area (Å²) in [5.74, 6) is 0.512. The van der Waals surface area contributed by atoms with Crippen molar-refractivity contribution in [2.75, 3.05) is 26.2 Å². The minimum Gasteiger partial charge on any atom is -0.339 e. The summed E-state index contributed by atoms with van der Waals surface area (Å²) < 4.78 is 0. The fourth-order valence-corrected chi connectivity index (χ4v) is 2.08. The van der Waals surface area contributed by atoms with Gasteiger partial charge in [-0.2, -0.15) is 0 Å². The summed E-state index contributed by atoms with van der Waals surface area (Å²) in [6.07, 6.45) is 0.714. The van der Waals surface area contributed by atoms with Crippen LogP contribution in [0.15, 0.2) is 0 Å². The first-order valence-corrected chi connectivity index (χ1v) is 6.21. The molecule has 0 aliphatic carbocycles. The number of carbonyl (C=O) groups excluding carboxylic acids is 2. The first-order valence-electron chi connectivity index (χ1n) is 6.21. The highest BCUT2D eigenvalue weighted by Gasteiger charge is 2.26. The molecule has 0 aromatic rings. The molecule has 2 amide bonds. The van der Waals surface area contributed by atoms with E-state index in [4.69, 9.17) is 5.73 Å². The summed E-state index contributed by atoms with van der Waals surface area (Å²) in [6, 6.07) is -0.404. The maximum atomic E-state index is 12.0. The van der Waals surface area contributed by atoms with Gasteiger partial charge in [0.1, 0.15) is 0 Å². The second-order valence-electron chi connectivity index (χ2n) is 5.07. The summed E-state index contributed by atoms with van der Waals surface area (Å²) in [7, 11) is 0. The molecule has 0 spiro atoms. The van der Waals surface area contributed by atoms with Gasteiger partial charge in [0.15, 0.2) is 0 Å². The van der Waals surface area contributed by atoms with E-state index in [9.17, 15) is 9.59 Å². The molecule has 0 bridgehead atoms. The average Bonchev–Trinajstić information content (AvgIpc) is 2.27. The minimum atomic E-state index is -0.404. The fraction of sp³-hybridized carbons (Fsp3) is 0.833. The molecule has 0 unspecified atom stereocenters. The molecule has 0 aromatic carbocycles. The highest BCUT2D eigenvalue weighted by molar-refractivity contribution is 5.82. The van der Waals surface area contributed by atoms with Gasteiger partial charge in [-0.1, -0.05) is 13.8 Å². The van der Waals surface area contributed by atoms with Crippen LogP contribution in [0.1, 0.15) is 27.2 Å². The number of hydrogen-bond donors (Lipinski definition) is 1. The van der Waals surface area contributed by atoms with Gasteiger partial charge >= 0.3 is 0 Å². The van der Waals surface area contributed by atoms with E-state index in [1.54, 1.807) is 16.7 Å². The van der Waals surface area contributed by atoms with Crippen LogP contribution in [-0.2, 0) is 9.59 Å². The quantitative estimate of drug-likeness (QED) is 0.759. The SMILES string of the molecule is CC(=O)N1CCN(C(=O)[C@@H](N)CC(C)C)CC1. The van der Waals surface area contributed by atoms with Crippen LogP contribution in [0.4, 0.5) is 0 Å². The van der Waals surface area contributed by atoms with E-state index >= 15 is 0 Å². The molecule has 1 aliphatic heterocycles. The van der Waals surface area contributed by atoms with Crippen LogP contribution in [0.2, 0.25) is 0 Å². The third-order valence-electron chi connectivity index (χ3n) is 3.08. The Morgan fingerprint density at radius 2 is 1.59 bits per heavy atom. The van der Waals surface area contributed by atoms with Crippen molar-refractivity contribution < 1.29 is 9.59 Å². The van der Waals surface area contributed by atoms with Crippen molar-refractivity contribution in [2.45, 2.75) is 33.2 Å². The Bertz CT molecular complexity index is 283. The van der Waals surface area contributed by atoms with Gasteiger partial charge < -0.3 is 15.5 Å². The lowest BCUT2D eigenvalue weighted by Crippen LogP contribution is -2.54. The van der Waals surface area contributed by atoms with Crippen molar-refractivity contribution in [3.8, 4) is 0 Å². The van der Waals surface area contributed by atoms with Crippen LogP contribution in [0.5, 0.6) is 0 Å². The van der Waals surface area contributed by atoms with E-state index in [0.717, 1.165) is 0 Å². The van der Waals surface area contributed by atoms with Crippen LogP contribution >= 0.6 is 0 Å². The van der Waals surface area contributed by atoms with Crippen molar-refractivity contribution in [2.24, 2.45) is 11.7 Å². The first kappa shape index (κ1) is 14.0. The molecule has 2 N–H and O–H groups in total. The van der Waals surface area contributed by atoms with E-state index in [1.807, 2.05) is 0 Å². The number of hydrogen-bond acceptors (Lipinski definition) is 3. The number of nitrogens with zero attached hydrogens (tertiary/aromatic N) is 2. The molecule has 1 fully saturated rings. The molecule has 0 aromatic heterocycles. The number of carbonyl (C=O) groups is 2. The van der Waals surface area contributed by atoms with E-state index in [-0.39, 0.29) is 11.8 Å². The number of rotatable bonds is 3. The van der Waals surface area contributed by atoms with Crippen LogP contribution in [0.25, 0.3) is 0 Å². The minimum absolute atomic E-state index is 0.0157. The van der Waals surface area contributed by atoms with Crippen molar-refractivity contribution in [1.82, 2.24) is 9.80 Å². The molecule has 98 valence electrons. The smallest absolute Gasteiger partial charge is 0.239 e. The number of amides is 2. The van der Waals surface area contributed by atoms with Gasteiger partial charge in [-0.25, -0.2) is 0 Å². The zero-order chi connectivity index (χ0) is 13.0. The van der Waals surface area contributed by atoms with E-state index in [2.05, 4.69) is 13.8 Å². The van der Waals surface area contributed by atoms with Gasteiger partial charge in [0.2, 0.25) is 11.8 Å². The van der Waals surface area contributed by atoms with E-state index in [0.29, 0.717) is 38.5 Å². The Labute approximate surface area is 103 Å². The normalized spacial score (nSPS) is 18.4. The maximum Gasteiger partial charge on any atom is 0.239 e. The monoisotopic (exact) mass is 241 g/mol. The lowest BCUT2D eigenvalue weighted by Gasteiger charge is -2.35. The van der Waals surface area contributed by atoms with Gasteiger partial charge in [0.25, 0.3) is 0 Å². The number of nitrogens with two attached hydrogens (primary N) is 1. The summed E-state index contributed by atoms with van der Waals surface area (Å²) >= 11 is 0. The molecule has 1 aliphatic rings. The Morgan fingerprint density at radius 3 is 2.00 bits per heavy atom. The molecule has 1 heterocycles. The molecule has 1 atom stereocenters. The summed E-state index contributed by atoms with van der Waals surface area (Å²) in [5, 5.41) is 0. The molecule has 5 nitrogen and oxygen atoms in total. The van der Waals surface area contributed by atoms with Crippen LogP contribution < -0.4 is 5.73 Å².